The SMILES string of the molecule is Cc1ccc(NC(=O)Cn2cnc3sc(C)c(C)c3c2=O)cc1C. The molecule has 0 fully saturated rings. The highest BCUT2D eigenvalue weighted by atomic mass is 32.1. The average molecular weight is 341 g/mol. The molecule has 0 unspecified atom stereocenters. The molecule has 5 nitrogen and oxygen atoms in total. The van der Waals surface area contributed by atoms with Gasteiger partial charge in [0.1, 0.15) is 11.4 Å². The quantitative estimate of drug-likeness (QED) is 0.795. The van der Waals surface area contributed by atoms with Gasteiger partial charge in [0.05, 0.1) is 11.7 Å². The van der Waals surface area contributed by atoms with Crippen LogP contribution in [0.5, 0.6) is 0 Å². The lowest BCUT2D eigenvalue weighted by Crippen LogP contribution is -2.27. The summed E-state index contributed by atoms with van der Waals surface area (Å²) in [6, 6.07) is 5.74. The molecule has 0 spiro atoms. The Morgan fingerprint density at radius 1 is 1.21 bits per heavy atom. The van der Waals surface area contributed by atoms with Gasteiger partial charge in [-0.25, -0.2) is 4.98 Å². The Balaban J connectivity index is 1.85. The molecule has 6 heteroatoms. The Kier molecular flexibility index (Phi) is 4.24. The molecule has 2 aromatic heterocycles. The van der Waals surface area contributed by atoms with Crippen molar-refractivity contribution in [1.82, 2.24) is 9.55 Å². The van der Waals surface area contributed by atoms with Gasteiger partial charge in [0.15, 0.2) is 0 Å². The number of amides is 1. The zero-order valence-corrected chi connectivity index (χ0v) is 15.0. The molecule has 3 rings (SSSR count). The summed E-state index contributed by atoms with van der Waals surface area (Å²) in [5, 5.41) is 3.44. The normalized spacial score (nSPS) is 11.0. The van der Waals surface area contributed by atoms with Gasteiger partial charge in [-0.15, -0.1) is 11.3 Å². The number of fused-ring (bicyclic) bond motifs is 1. The molecule has 0 aliphatic carbocycles. The molecule has 3 aromatic rings. The fraction of sp³-hybridized carbons (Fsp3) is 0.278. The Morgan fingerprint density at radius 3 is 2.67 bits per heavy atom. The molecule has 24 heavy (non-hydrogen) atoms. The van der Waals surface area contributed by atoms with Crippen LogP contribution in [0.25, 0.3) is 10.2 Å². The lowest BCUT2D eigenvalue weighted by molar-refractivity contribution is -0.116. The van der Waals surface area contributed by atoms with Gasteiger partial charge in [-0.2, -0.15) is 0 Å². The molecule has 0 atom stereocenters. The summed E-state index contributed by atoms with van der Waals surface area (Å²) in [6.07, 6.45) is 1.44. The molecule has 0 aliphatic rings. The van der Waals surface area contributed by atoms with E-state index in [0.717, 1.165) is 26.5 Å². The number of hydrogen-bond donors (Lipinski definition) is 1. The number of benzene rings is 1. The zero-order chi connectivity index (χ0) is 17.4. The van der Waals surface area contributed by atoms with Crippen LogP contribution in [0.15, 0.2) is 29.3 Å². The van der Waals surface area contributed by atoms with E-state index in [1.165, 1.54) is 27.8 Å². The van der Waals surface area contributed by atoms with Crippen molar-refractivity contribution in [2.75, 3.05) is 5.32 Å². The lowest BCUT2D eigenvalue weighted by Gasteiger charge is -2.09. The predicted octanol–water partition coefficient (Wildman–Crippen LogP) is 3.33. The Hall–Kier alpha value is -2.47. The molecular weight excluding hydrogens is 322 g/mol. The fourth-order valence-electron chi connectivity index (χ4n) is 2.56. The van der Waals surface area contributed by atoms with Crippen molar-refractivity contribution in [3.8, 4) is 0 Å². The standard InChI is InChI=1S/C18H19N3O2S/c1-10-5-6-14(7-11(10)2)20-15(22)8-21-9-19-17-16(18(21)23)12(3)13(4)24-17/h5-7,9H,8H2,1-4H3,(H,20,22). The van der Waals surface area contributed by atoms with Crippen LogP contribution < -0.4 is 10.9 Å². The van der Waals surface area contributed by atoms with Crippen molar-refractivity contribution < 1.29 is 4.79 Å². The molecule has 2 heterocycles. The first-order chi connectivity index (χ1) is 11.4. The second-order valence-corrected chi connectivity index (χ2v) is 7.19. The minimum Gasteiger partial charge on any atom is -0.325 e. The molecule has 0 saturated heterocycles. The van der Waals surface area contributed by atoms with E-state index in [1.807, 2.05) is 45.9 Å². The van der Waals surface area contributed by atoms with Crippen molar-refractivity contribution in [3.05, 3.63) is 56.4 Å². The maximum atomic E-state index is 12.6. The summed E-state index contributed by atoms with van der Waals surface area (Å²) in [5.41, 5.74) is 3.78. The number of aromatic nitrogens is 2. The zero-order valence-electron chi connectivity index (χ0n) is 14.1. The Labute approximate surface area is 144 Å². The third kappa shape index (κ3) is 2.97. The van der Waals surface area contributed by atoms with Crippen LogP contribution in [0, 0.1) is 27.7 Å². The summed E-state index contributed by atoms with van der Waals surface area (Å²) in [5.74, 6) is -0.244. The molecular formula is C18H19N3O2S. The lowest BCUT2D eigenvalue weighted by atomic mass is 10.1. The minimum atomic E-state index is -0.244. The summed E-state index contributed by atoms with van der Waals surface area (Å²) in [6.45, 7) is 7.85. The minimum absolute atomic E-state index is 0.0525. The Morgan fingerprint density at radius 2 is 1.96 bits per heavy atom. The number of rotatable bonds is 3. The van der Waals surface area contributed by atoms with Crippen LogP contribution in [-0.2, 0) is 11.3 Å². The maximum Gasteiger partial charge on any atom is 0.262 e. The smallest absolute Gasteiger partial charge is 0.262 e. The van der Waals surface area contributed by atoms with Crippen LogP contribution in [0.4, 0.5) is 5.69 Å². The van der Waals surface area contributed by atoms with E-state index in [2.05, 4.69) is 10.3 Å². The van der Waals surface area contributed by atoms with E-state index in [9.17, 15) is 9.59 Å². The molecule has 1 amide bonds. The molecule has 0 bridgehead atoms. The second-order valence-electron chi connectivity index (χ2n) is 5.99. The van der Waals surface area contributed by atoms with E-state index >= 15 is 0 Å². The van der Waals surface area contributed by atoms with Crippen LogP contribution in [0.3, 0.4) is 0 Å². The number of carbonyl (C=O) groups is 1. The number of thiophene rings is 1. The van der Waals surface area contributed by atoms with Crippen molar-refractivity contribution in [3.63, 3.8) is 0 Å². The monoisotopic (exact) mass is 341 g/mol. The van der Waals surface area contributed by atoms with Crippen LogP contribution >= 0.6 is 11.3 Å². The molecule has 0 aliphatic heterocycles. The van der Waals surface area contributed by atoms with Gasteiger partial charge in [-0.1, -0.05) is 6.07 Å². The third-order valence-corrected chi connectivity index (χ3v) is 5.38. The van der Waals surface area contributed by atoms with E-state index in [0.29, 0.717) is 5.39 Å². The molecule has 0 radical (unpaired) electrons. The highest BCUT2D eigenvalue weighted by molar-refractivity contribution is 7.18. The number of carbonyl (C=O) groups excluding carboxylic acids is 1. The predicted molar refractivity (Wildman–Crippen MR) is 97.9 cm³/mol. The molecule has 1 aromatic carbocycles. The fourth-order valence-corrected chi connectivity index (χ4v) is 3.54. The summed E-state index contributed by atoms with van der Waals surface area (Å²) < 4.78 is 1.36. The van der Waals surface area contributed by atoms with Crippen LogP contribution in [0.2, 0.25) is 0 Å². The van der Waals surface area contributed by atoms with E-state index in [-0.39, 0.29) is 18.0 Å². The topological polar surface area (TPSA) is 64.0 Å². The summed E-state index contributed by atoms with van der Waals surface area (Å²) in [4.78, 5) is 31.0. The first-order valence-corrected chi connectivity index (χ1v) is 8.50. The van der Waals surface area contributed by atoms with Gasteiger partial charge < -0.3 is 5.32 Å². The van der Waals surface area contributed by atoms with Crippen LogP contribution in [-0.4, -0.2) is 15.5 Å². The van der Waals surface area contributed by atoms with Crippen molar-refractivity contribution in [2.45, 2.75) is 34.2 Å². The number of hydrogen-bond acceptors (Lipinski definition) is 4. The van der Waals surface area contributed by atoms with Crippen molar-refractivity contribution in [1.29, 1.82) is 0 Å². The highest BCUT2D eigenvalue weighted by Gasteiger charge is 2.13. The maximum absolute atomic E-state index is 12.6. The van der Waals surface area contributed by atoms with Gasteiger partial charge in [-0.3, -0.25) is 14.2 Å². The Bertz CT molecular complexity index is 1000. The molecule has 1 N–H and O–H groups in total. The van der Waals surface area contributed by atoms with E-state index in [4.69, 9.17) is 0 Å². The largest absolute Gasteiger partial charge is 0.325 e. The van der Waals surface area contributed by atoms with Gasteiger partial charge in [-0.05, 0) is 56.5 Å². The number of anilines is 1. The van der Waals surface area contributed by atoms with Crippen molar-refractivity contribution >= 4 is 33.1 Å². The molecule has 0 saturated carbocycles. The van der Waals surface area contributed by atoms with Crippen LogP contribution in [0.1, 0.15) is 21.6 Å². The molecule has 124 valence electrons. The third-order valence-electron chi connectivity index (χ3n) is 4.26. The van der Waals surface area contributed by atoms with Gasteiger partial charge in [0.2, 0.25) is 5.91 Å². The van der Waals surface area contributed by atoms with Gasteiger partial charge in [0.25, 0.3) is 5.56 Å². The van der Waals surface area contributed by atoms with Crippen molar-refractivity contribution in [2.24, 2.45) is 0 Å². The average Bonchev–Trinajstić information content (AvgIpc) is 2.81. The highest BCUT2D eigenvalue weighted by Crippen LogP contribution is 2.25. The number of aryl methyl sites for hydroxylation is 4. The van der Waals surface area contributed by atoms with E-state index < -0.39 is 0 Å². The van der Waals surface area contributed by atoms with Gasteiger partial charge >= 0.3 is 0 Å². The first-order valence-electron chi connectivity index (χ1n) is 7.69. The van der Waals surface area contributed by atoms with Gasteiger partial charge in [0, 0.05) is 10.6 Å². The first kappa shape index (κ1) is 16.4. The second kappa shape index (κ2) is 6.20. The summed E-state index contributed by atoms with van der Waals surface area (Å²) in [7, 11) is 0. The summed E-state index contributed by atoms with van der Waals surface area (Å²) >= 11 is 1.50. The van der Waals surface area contributed by atoms with E-state index in [1.54, 1.807) is 0 Å². The number of nitrogens with one attached hydrogen (secondary N) is 1. The number of nitrogens with zero attached hydrogens (tertiary/aromatic N) is 2.